The molecule has 5 rings (SSSR count). The second-order valence-corrected chi connectivity index (χ2v) is 8.09. The Balaban J connectivity index is 1.50. The van der Waals surface area contributed by atoms with Crippen LogP contribution >= 0.6 is 0 Å². The first-order valence-electron chi connectivity index (χ1n) is 10.5. The van der Waals surface area contributed by atoms with Gasteiger partial charge >= 0.3 is 0 Å². The molecule has 31 heavy (non-hydrogen) atoms. The van der Waals surface area contributed by atoms with Crippen molar-refractivity contribution in [3.63, 3.8) is 0 Å². The first-order valence-corrected chi connectivity index (χ1v) is 10.5. The molecule has 1 aliphatic heterocycles. The predicted molar refractivity (Wildman–Crippen MR) is 120 cm³/mol. The Bertz CT molecular complexity index is 1290. The molecule has 0 atom stereocenters. The quantitative estimate of drug-likeness (QED) is 0.482. The van der Waals surface area contributed by atoms with Crippen molar-refractivity contribution < 1.29 is 9.18 Å². The highest BCUT2D eigenvalue weighted by molar-refractivity contribution is 5.97. The molecule has 0 bridgehead atoms. The van der Waals surface area contributed by atoms with Crippen LogP contribution in [0.1, 0.15) is 23.2 Å². The Kier molecular flexibility index (Phi) is 4.77. The zero-order valence-corrected chi connectivity index (χ0v) is 17.6. The van der Waals surface area contributed by atoms with Gasteiger partial charge in [0.25, 0.3) is 0 Å². The predicted octanol–water partition coefficient (Wildman–Crippen LogP) is 4.83. The number of nitrogens with zero attached hydrogens (tertiary/aromatic N) is 4. The molecule has 3 heterocycles. The first-order chi connectivity index (χ1) is 15.0. The monoisotopic (exact) mass is 414 g/mol. The third-order valence-electron chi connectivity index (χ3n) is 5.90. The van der Waals surface area contributed by atoms with Gasteiger partial charge in [0, 0.05) is 23.8 Å². The van der Waals surface area contributed by atoms with Crippen LogP contribution in [-0.2, 0) is 17.8 Å². The summed E-state index contributed by atoms with van der Waals surface area (Å²) in [5.41, 5.74) is 6.70. The zero-order chi connectivity index (χ0) is 21.5. The largest absolute Gasteiger partial charge is 0.311 e. The number of carbonyl (C=O) groups is 1. The molecule has 5 nitrogen and oxygen atoms in total. The third kappa shape index (κ3) is 3.48. The number of fused-ring (bicyclic) bond motifs is 2. The van der Waals surface area contributed by atoms with Gasteiger partial charge in [-0.05, 0) is 67.6 Å². The number of rotatable bonds is 3. The first kappa shape index (κ1) is 19.4. The van der Waals surface area contributed by atoms with Crippen LogP contribution in [0, 0.1) is 19.7 Å². The van der Waals surface area contributed by atoms with Crippen molar-refractivity contribution in [3.8, 4) is 11.1 Å². The maximum Gasteiger partial charge on any atom is 0.248 e. The molecule has 6 heteroatoms. The highest BCUT2D eigenvalue weighted by Gasteiger charge is 2.24. The number of aryl methyl sites for hydroxylation is 3. The van der Waals surface area contributed by atoms with Gasteiger partial charge in [-0.15, -0.1) is 0 Å². The number of hydrogen-bond acceptors (Lipinski definition) is 3. The van der Waals surface area contributed by atoms with Crippen molar-refractivity contribution in [1.82, 2.24) is 14.8 Å². The summed E-state index contributed by atoms with van der Waals surface area (Å²) in [7, 11) is 0. The Hall–Kier alpha value is -3.54. The summed E-state index contributed by atoms with van der Waals surface area (Å²) in [6, 6.07) is 14.5. The van der Waals surface area contributed by atoms with Crippen LogP contribution < -0.4 is 4.90 Å². The fourth-order valence-electron chi connectivity index (χ4n) is 4.46. The standard InChI is InChI=1S/C25H23FN4O/c1-16-5-10-22-19(14-16)4-3-13-29(22)23(31)15-30-25-24(17(2)28-30)21(11-12-27-25)18-6-8-20(26)9-7-18/h5-12,14H,3-4,13,15H2,1-2H3. The van der Waals surface area contributed by atoms with Gasteiger partial charge in [0.2, 0.25) is 5.91 Å². The van der Waals surface area contributed by atoms with Crippen molar-refractivity contribution in [2.24, 2.45) is 0 Å². The number of hydrogen-bond donors (Lipinski definition) is 0. The molecule has 4 aromatic rings. The van der Waals surface area contributed by atoms with Gasteiger partial charge in [0.15, 0.2) is 5.65 Å². The molecular weight excluding hydrogens is 391 g/mol. The fourth-order valence-corrected chi connectivity index (χ4v) is 4.46. The van der Waals surface area contributed by atoms with E-state index in [1.165, 1.54) is 23.3 Å². The van der Waals surface area contributed by atoms with Gasteiger partial charge in [-0.25, -0.2) is 14.1 Å². The van der Waals surface area contributed by atoms with E-state index in [0.29, 0.717) is 12.2 Å². The molecule has 0 spiro atoms. The summed E-state index contributed by atoms with van der Waals surface area (Å²) in [5, 5.41) is 5.52. The molecule has 156 valence electrons. The molecule has 0 radical (unpaired) electrons. The van der Waals surface area contributed by atoms with E-state index >= 15 is 0 Å². The summed E-state index contributed by atoms with van der Waals surface area (Å²) < 4.78 is 15.1. The van der Waals surface area contributed by atoms with E-state index in [-0.39, 0.29) is 18.3 Å². The molecule has 2 aromatic heterocycles. The van der Waals surface area contributed by atoms with Crippen LogP contribution in [-0.4, -0.2) is 27.2 Å². The number of pyridine rings is 1. The van der Waals surface area contributed by atoms with E-state index in [1.807, 2.05) is 24.0 Å². The Morgan fingerprint density at radius 1 is 1.10 bits per heavy atom. The summed E-state index contributed by atoms with van der Waals surface area (Å²) in [5.74, 6) is -0.271. The topological polar surface area (TPSA) is 51.0 Å². The molecule has 1 aliphatic rings. The average molecular weight is 414 g/mol. The lowest BCUT2D eigenvalue weighted by Gasteiger charge is -2.29. The Morgan fingerprint density at radius 2 is 1.90 bits per heavy atom. The van der Waals surface area contributed by atoms with Gasteiger partial charge in [0.05, 0.1) is 5.69 Å². The number of carbonyl (C=O) groups excluding carboxylic acids is 1. The molecule has 0 N–H and O–H groups in total. The van der Waals surface area contributed by atoms with Gasteiger partial charge < -0.3 is 4.90 Å². The molecule has 1 amide bonds. The SMILES string of the molecule is Cc1ccc2c(c1)CCCN2C(=O)Cn1nc(C)c2c(-c3ccc(F)cc3)ccnc21. The van der Waals surface area contributed by atoms with Gasteiger partial charge in [-0.2, -0.15) is 5.10 Å². The van der Waals surface area contributed by atoms with Crippen LogP contribution in [0.3, 0.4) is 0 Å². The van der Waals surface area contributed by atoms with Crippen molar-refractivity contribution >= 4 is 22.6 Å². The molecule has 2 aromatic carbocycles. The normalized spacial score (nSPS) is 13.5. The molecule has 0 saturated heterocycles. The van der Waals surface area contributed by atoms with Crippen molar-refractivity contribution in [2.45, 2.75) is 33.2 Å². The highest BCUT2D eigenvalue weighted by Crippen LogP contribution is 2.31. The lowest BCUT2D eigenvalue weighted by Crippen LogP contribution is -2.38. The molecule has 0 aliphatic carbocycles. The van der Waals surface area contributed by atoms with Gasteiger partial charge in [0.1, 0.15) is 12.4 Å². The number of amides is 1. The van der Waals surface area contributed by atoms with Crippen LogP contribution in [0.2, 0.25) is 0 Å². The van der Waals surface area contributed by atoms with Gasteiger partial charge in [-0.1, -0.05) is 29.8 Å². The van der Waals surface area contributed by atoms with Gasteiger partial charge in [-0.3, -0.25) is 4.79 Å². The van der Waals surface area contributed by atoms with Crippen molar-refractivity contribution in [3.05, 3.63) is 77.4 Å². The van der Waals surface area contributed by atoms with Crippen LogP contribution in [0.4, 0.5) is 10.1 Å². The number of anilines is 1. The molecular formula is C25H23FN4O. The van der Waals surface area contributed by atoms with E-state index in [9.17, 15) is 9.18 Å². The zero-order valence-electron chi connectivity index (χ0n) is 17.6. The maximum absolute atomic E-state index is 13.4. The minimum atomic E-state index is -0.274. The lowest BCUT2D eigenvalue weighted by molar-refractivity contribution is -0.119. The average Bonchev–Trinajstić information content (AvgIpc) is 3.09. The summed E-state index contributed by atoms with van der Waals surface area (Å²) in [6.07, 6.45) is 3.66. The van der Waals surface area contributed by atoms with Crippen LogP contribution in [0.5, 0.6) is 0 Å². The van der Waals surface area contributed by atoms with E-state index < -0.39 is 0 Å². The summed E-state index contributed by atoms with van der Waals surface area (Å²) >= 11 is 0. The lowest BCUT2D eigenvalue weighted by atomic mass is 9.99. The Morgan fingerprint density at radius 3 is 2.71 bits per heavy atom. The van der Waals surface area contributed by atoms with Crippen molar-refractivity contribution in [1.29, 1.82) is 0 Å². The smallest absolute Gasteiger partial charge is 0.248 e. The second-order valence-electron chi connectivity index (χ2n) is 8.09. The fraction of sp³-hybridized carbons (Fsp3) is 0.240. The third-order valence-corrected chi connectivity index (χ3v) is 5.90. The minimum Gasteiger partial charge on any atom is -0.311 e. The molecule has 0 unspecified atom stereocenters. The van der Waals surface area contributed by atoms with E-state index in [2.05, 4.69) is 29.1 Å². The minimum absolute atomic E-state index is 0.00295. The molecule has 0 fully saturated rings. The Labute approximate surface area is 180 Å². The van der Waals surface area contributed by atoms with Crippen LogP contribution in [0.15, 0.2) is 54.7 Å². The summed E-state index contributed by atoms with van der Waals surface area (Å²) in [4.78, 5) is 19.6. The maximum atomic E-state index is 13.4. The van der Waals surface area contributed by atoms with E-state index in [1.54, 1.807) is 23.0 Å². The van der Waals surface area contributed by atoms with Crippen LogP contribution in [0.25, 0.3) is 22.2 Å². The summed E-state index contributed by atoms with van der Waals surface area (Å²) in [6.45, 7) is 4.82. The van der Waals surface area contributed by atoms with E-state index in [0.717, 1.165) is 40.7 Å². The second kappa shape index (κ2) is 7.61. The highest BCUT2D eigenvalue weighted by atomic mass is 19.1. The number of halogens is 1. The van der Waals surface area contributed by atoms with Crippen molar-refractivity contribution in [2.75, 3.05) is 11.4 Å². The molecule has 0 saturated carbocycles. The number of benzene rings is 2. The van der Waals surface area contributed by atoms with E-state index in [4.69, 9.17) is 0 Å². The number of aromatic nitrogens is 3.